The molecule has 420 valence electrons. The molecule has 11 nitrogen and oxygen atoms in total. The molecule has 0 radical (unpaired) electrons. The standard InChI is InChI=1S/C62H101O11P/c1-4-7-10-13-16-19-22-24-26-28-29-31-33-35-38-41-44-47-50-53-62(66)73-59(55-69-60(64)51-48-45-42-39-37-34-32-30-27-25-23-20-17-14-11-8-5-2)57-71-74(67,68)70-56-58(54-63)72-61(65)52-49-46-43-40-36-21-18-15-12-9-6-3/h7-8,10-11,15-20,24-27,29,31-32,34,39,42,58-59,63H,4-6,9,12-14,21-23,28,30,33,35-38,40-41,43-57H2,1-3H3,(H,67,68)/b10-7-,11-8-,18-15-,19-16-,20-17-,26-24-,27-25-,31-29-,34-32-,42-39-. The van der Waals surface area contributed by atoms with Crippen LogP contribution in [0.15, 0.2) is 122 Å². The zero-order chi connectivity index (χ0) is 54.1. The summed E-state index contributed by atoms with van der Waals surface area (Å²) in [6, 6.07) is 0. The van der Waals surface area contributed by atoms with Crippen molar-refractivity contribution >= 4 is 25.7 Å². The van der Waals surface area contributed by atoms with Gasteiger partial charge in [0.25, 0.3) is 0 Å². The largest absolute Gasteiger partial charge is 0.472 e. The van der Waals surface area contributed by atoms with Gasteiger partial charge in [0.05, 0.1) is 19.8 Å². The van der Waals surface area contributed by atoms with Crippen LogP contribution in [0, 0.1) is 0 Å². The number of phosphoric acid groups is 1. The van der Waals surface area contributed by atoms with Gasteiger partial charge in [-0.05, 0) is 116 Å². The van der Waals surface area contributed by atoms with E-state index in [2.05, 4.69) is 136 Å². The van der Waals surface area contributed by atoms with Crippen molar-refractivity contribution in [3.05, 3.63) is 122 Å². The van der Waals surface area contributed by atoms with Crippen molar-refractivity contribution in [1.82, 2.24) is 0 Å². The number of esters is 3. The third-order valence-corrected chi connectivity index (χ3v) is 12.3. The fraction of sp³-hybridized carbons (Fsp3) is 0.629. The van der Waals surface area contributed by atoms with Gasteiger partial charge in [0, 0.05) is 19.3 Å². The van der Waals surface area contributed by atoms with Crippen molar-refractivity contribution in [2.45, 2.75) is 226 Å². The quantitative estimate of drug-likeness (QED) is 0.0197. The highest BCUT2D eigenvalue weighted by molar-refractivity contribution is 7.47. The average Bonchev–Trinajstić information content (AvgIpc) is 3.39. The van der Waals surface area contributed by atoms with Gasteiger partial charge in [-0.2, -0.15) is 0 Å². The number of carbonyl (C=O) groups is 3. The van der Waals surface area contributed by atoms with Crippen molar-refractivity contribution in [2.75, 3.05) is 26.4 Å². The Hall–Kier alpha value is -4.12. The number of unbranched alkanes of at least 4 members (excludes halogenated alkanes) is 14. The molecule has 0 saturated heterocycles. The number of hydrogen-bond donors (Lipinski definition) is 2. The first kappa shape index (κ1) is 69.9. The molecule has 0 saturated carbocycles. The van der Waals surface area contributed by atoms with E-state index in [0.29, 0.717) is 25.7 Å². The zero-order valence-electron chi connectivity index (χ0n) is 46.3. The highest BCUT2D eigenvalue weighted by Crippen LogP contribution is 2.43. The highest BCUT2D eigenvalue weighted by atomic mass is 31.2. The Bertz CT molecular complexity index is 1700. The molecular formula is C62H101O11P. The van der Waals surface area contributed by atoms with Gasteiger partial charge in [0.2, 0.25) is 0 Å². The summed E-state index contributed by atoms with van der Waals surface area (Å²) in [4.78, 5) is 48.5. The van der Waals surface area contributed by atoms with E-state index in [0.717, 1.165) is 135 Å². The molecule has 0 spiro atoms. The lowest BCUT2D eigenvalue weighted by Crippen LogP contribution is -2.30. The summed E-state index contributed by atoms with van der Waals surface area (Å²) in [7, 11) is -4.77. The van der Waals surface area contributed by atoms with E-state index in [1.165, 1.54) is 12.8 Å². The summed E-state index contributed by atoms with van der Waals surface area (Å²) in [6.45, 7) is 4.27. The SMILES string of the molecule is CC/C=C\C/C=C\C/C=C\C/C=C\C/C=C\CCCC(=O)OCC(COP(=O)(O)OCC(CO)OC(=O)CCCCCCC/C=C\CCCC)OC(=O)CCCCCCCC/C=C\C/C=C\C/C=C\C/C=C\CC. The summed E-state index contributed by atoms with van der Waals surface area (Å²) in [5, 5.41) is 9.79. The van der Waals surface area contributed by atoms with Crippen LogP contribution >= 0.6 is 7.82 Å². The number of hydrogen-bond acceptors (Lipinski definition) is 10. The number of carbonyl (C=O) groups excluding carboxylic acids is 3. The van der Waals surface area contributed by atoms with Crippen molar-refractivity contribution in [2.24, 2.45) is 0 Å². The van der Waals surface area contributed by atoms with Crippen LogP contribution < -0.4 is 0 Å². The van der Waals surface area contributed by atoms with Gasteiger partial charge in [-0.1, -0.05) is 200 Å². The van der Waals surface area contributed by atoms with E-state index in [4.69, 9.17) is 23.3 Å². The van der Waals surface area contributed by atoms with Gasteiger partial charge >= 0.3 is 25.7 Å². The van der Waals surface area contributed by atoms with Crippen LogP contribution in [-0.4, -0.2) is 66.5 Å². The topological polar surface area (TPSA) is 155 Å². The van der Waals surface area contributed by atoms with Gasteiger partial charge in [-0.15, -0.1) is 0 Å². The number of allylic oxidation sites excluding steroid dienone is 20. The summed E-state index contributed by atoms with van der Waals surface area (Å²) in [6.07, 6.45) is 67.4. The second-order valence-electron chi connectivity index (χ2n) is 18.3. The molecule has 0 rings (SSSR count). The first-order chi connectivity index (χ1) is 36.2. The van der Waals surface area contributed by atoms with Crippen molar-refractivity contribution in [3.8, 4) is 0 Å². The van der Waals surface area contributed by atoms with Crippen LogP contribution in [0.1, 0.15) is 213 Å². The Labute approximate surface area is 449 Å². The monoisotopic (exact) mass is 1050 g/mol. The minimum atomic E-state index is -4.77. The third-order valence-electron chi connectivity index (χ3n) is 11.3. The molecule has 0 aliphatic rings. The van der Waals surface area contributed by atoms with Crippen molar-refractivity contribution in [1.29, 1.82) is 0 Å². The predicted octanol–water partition coefficient (Wildman–Crippen LogP) is 16.8. The lowest BCUT2D eigenvalue weighted by atomic mass is 10.1. The molecule has 12 heteroatoms. The number of aliphatic hydroxyl groups excluding tert-OH is 1. The molecule has 3 atom stereocenters. The van der Waals surface area contributed by atoms with E-state index in [-0.39, 0.29) is 25.9 Å². The maximum absolute atomic E-state index is 12.9. The second-order valence-corrected chi connectivity index (χ2v) is 19.8. The van der Waals surface area contributed by atoms with E-state index >= 15 is 0 Å². The molecule has 3 unspecified atom stereocenters. The van der Waals surface area contributed by atoms with Gasteiger partial charge in [0.15, 0.2) is 6.10 Å². The Morgan fingerprint density at radius 1 is 0.392 bits per heavy atom. The Morgan fingerprint density at radius 3 is 1.14 bits per heavy atom. The number of phosphoric ester groups is 1. The van der Waals surface area contributed by atoms with Gasteiger partial charge < -0.3 is 24.2 Å². The van der Waals surface area contributed by atoms with E-state index in [1.54, 1.807) is 0 Å². The highest BCUT2D eigenvalue weighted by Gasteiger charge is 2.28. The number of aliphatic hydroxyl groups is 1. The van der Waals surface area contributed by atoms with Crippen LogP contribution in [0.5, 0.6) is 0 Å². The van der Waals surface area contributed by atoms with Gasteiger partial charge in [-0.3, -0.25) is 23.4 Å². The Balaban J connectivity index is 4.86. The second kappa shape index (κ2) is 55.1. The maximum Gasteiger partial charge on any atom is 0.472 e. The molecule has 0 aromatic rings. The number of ether oxygens (including phenoxy) is 3. The molecule has 0 amide bonds. The lowest BCUT2D eigenvalue weighted by Gasteiger charge is -2.21. The first-order valence-corrected chi connectivity index (χ1v) is 29.9. The van der Waals surface area contributed by atoms with Crippen LogP contribution in [-0.2, 0) is 42.2 Å². The Morgan fingerprint density at radius 2 is 0.716 bits per heavy atom. The first-order valence-electron chi connectivity index (χ1n) is 28.4. The van der Waals surface area contributed by atoms with Crippen molar-refractivity contribution in [3.63, 3.8) is 0 Å². The molecule has 0 heterocycles. The fourth-order valence-electron chi connectivity index (χ4n) is 7.07. The fourth-order valence-corrected chi connectivity index (χ4v) is 7.85. The van der Waals surface area contributed by atoms with Gasteiger partial charge in [-0.25, -0.2) is 4.57 Å². The molecular weight excluding hydrogens is 952 g/mol. The Kier molecular flexibility index (Phi) is 52.1. The molecule has 2 N–H and O–H groups in total. The summed E-state index contributed by atoms with van der Waals surface area (Å²) in [5.41, 5.74) is 0. The normalized spacial score (nSPS) is 14.3. The van der Waals surface area contributed by atoms with E-state index < -0.39 is 57.8 Å². The smallest absolute Gasteiger partial charge is 0.462 e. The van der Waals surface area contributed by atoms with Gasteiger partial charge in [0.1, 0.15) is 12.7 Å². The number of rotatable bonds is 51. The lowest BCUT2D eigenvalue weighted by molar-refractivity contribution is -0.161. The summed E-state index contributed by atoms with van der Waals surface area (Å²) < 4.78 is 39.4. The molecule has 0 aliphatic carbocycles. The summed E-state index contributed by atoms with van der Waals surface area (Å²) in [5.74, 6) is -1.57. The molecule has 0 aromatic heterocycles. The maximum atomic E-state index is 12.9. The average molecular weight is 1050 g/mol. The third kappa shape index (κ3) is 52.7. The molecule has 0 fully saturated rings. The van der Waals surface area contributed by atoms with E-state index in [1.807, 2.05) is 6.08 Å². The molecule has 74 heavy (non-hydrogen) atoms. The zero-order valence-corrected chi connectivity index (χ0v) is 47.2. The predicted molar refractivity (Wildman–Crippen MR) is 306 cm³/mol. The molecule has 0 bridgehead atoms. The van der Waals surface area contributed by atoms with Crippen LogP contribution in [0.25, 0.3) is 0 Å². The van der Waals surface area contributed by atoms with Crippen LogP contribution in [0.3, 0.4) is 0 Å². The molecule has 0 aromatic carbocycles. The molecule has 0 aliphatic heterocycles. The summed E-state index contributed by atoms with van der Waals surface area (Å²) >= 11 is 0. The van der Waals surface area contributed by atoms with Crippen LogP contribution in [0.4, 0.5) is 0 Å². The van der Waals surface area contributed by atoms with Crippen LogP contribution in [0.2, 0.25) is 0 Å². The minimum Gasteiger partial charge on any atom is -0.462 e. The van der Waals surface area contributed by atoms with E-state index in [9.17, 15) is 28.9 Å². The van der Waals surface area contributed by atoms with Crippen molar-refractivity contribution < 1.29 is 52.2 Å². The minimum absolute atomic E-state index is 0.132.